The minimum Gasteiger partial charge on any atom is -0.479 e. The number of carbonyl (C=O) groups excluding carboxylic acids is 1. The maximum absolute atomic E-state index is 12.3. The largest absolute Gasteiger partial charge is 0.479 e. The van der Waals surface area contributed by atoms with Crippen molar-refractivity contribution in [1.29, 1.82) is 10.5 Å². The second-order valence-electron chi connectivity index (χ2n) is 5.52. The predicted octanol–water partition coefficient (Wildman–Crippen LogP) is 3.75. The summed E-state index contributed by atoms with van der Waals surface area (Å²) in [5, 5.41) is 20.5. The normalized spacial score (nSPS) is 10.5. The van der Waals surface area contributed by atoms with E-state index in [0.29, 0.717) is 17.0 Å². The Kier molecular flexibility index (Phi) is 5.92. The second-order valence-corrected chi connectivity index (χ2v) is 5.52. The number of carbonyl (C=O) groups is 1. The first-order valence-electron chi connectivity index (χ1n) is 7.63. The molecule has 0 heterocycles. The van der Waals surface area contributed by atoms with Gasteiger partial charge < -0.3 is 10.1 Å². The van der Waals surface area contributed by atoms with E-state index in [4.69, 9.17) is 10.00 Å². The maximum atomic E-state index is 12.3. The van der Waals surface area contributed by atoms with Gasteiger partial charge in [-0.05, 0) is 60.9 Å². The van der Waals surface area contributed by atoms with Crippen molar-refractivity contribution in [2.24, 2.45) is 0 Å². The highest BCUT2D eigenvalue weighted by molar-refractivity contribution is 6.09. The number of amides is 1. The number of nitrogens with zero attached hydrogens (tertiary/aromatic N) is 2. The molecule has 0 unspecified atom stereocenters. The molecule has 2 aromatic rings. The lowest BCUT2D eigenvalue weighted by atomic mass is 10.1. The molecular weight excluding hydrogens is 314 g/mol. The fraction of sp³-hybridized carbons (Fsp3) is 0.150. The van der Waals surface area contributed by atoms with Crippen LogP contribution in [0.2, 0.25) is 0 Å². The molecule has 2 aromatic carbocycles. The number of ether oxygens (including phenoxy) is 1. The van der Waals surface area contributed by atoms with Gasteiger partial charge in [0, 0.05) is 5.69 Å². The Hall–Kier alpha value is -3.57. The molecule has 0 aliphatic rings. The number of benzene rings is 2. The number of rotatable bonds is 5. The van der Waals surface area contributed by atoms with E-state index in [1.807, 2.05) is 44.2 Å². The van der Waals surface area contributed by atoms with Crippen LogP contribution in [0.1, 0.15) is 16.7 Å². The summed E-state index contributed by atoms with van der Waals surface area (Å²) >= 11 is 0. The molecule has 0 aliphatic heterocycles. The minimum atomic E-state index is -0.461. The van der Waals surface area contributed by atoms with E-state index in [1.54, 1.807) is 24.3 Å². The molecule has 0 saturated heterocycles. The first kappa shape index (κ1) is 17.8. The lowest BCUT2D eigenvalue weighted by Crippen LogP contribution is -2.13. The van der Waals surface area contributed by atoms with Crippen LogP contribution in [0.5, 0.6) is 5.75 Å². The van der Waals surface area contributed by atoms with E-state index in [0.717, 1.165) is 11.1 Å². The number of aryl methyl sites for hydroxylation is 2. The third-order valence-electron chi connectivity index (χ3n) is 3.34. The monoisotopic (exact) mass is 331 g/mol. The number of nitriles is 2. The van der Waals surface area contributed by atoms with Crippen molar-refractivity contribution in [3.05, 3.63) is 64.7 Å². The minimum absolute atomic E-state index is 0.00449. The molecule has 0 fully saturated rings. The van der Waals surface area contributed by atoms with Gasteiger partial charge in [-0.1, -0.05) is 18.2 Å². The van der Waals surface area contributed by atoms with Crippen molar-refractivity contribution in [1.82, 2.24) is 0 Å². The van der Waals surface area contributed by atoms with E-state index in [-0.39, 0.29) is 12.2 Å². The van der Waals surface area contributed by atoms with Crippen molar-refractivity contribution in [3.8, 4) is 17.9 Å². The van der Waals surface area contributed by atoms with E-state index < -0.39 is 5.91 Å². The van der Waals surface area contributed by atoms with Gasteiger partial charge in [-0.3, -0.25) is 4.79 Å². The Balaban J connectivity index is 2.15. The van der Waals surface area contributed by atoms with E-state index in [1.165, 1.54) is 6.08 Å². The van der Waals surface area contributed by atoms with Crippen LogP contribution in [0.3, 0.4) is 0 Å². The molecule has 0 aliphatic carbocycles. The van der Waals surface area contributed by atoms with Gasteiger partial charge in [-0.15, -0.1) is 0 Å². The van der Waals surface area contributed by atoms with Gasteiger partial charge in [-0.25, -0.2) is 0 Å². The van der Waals surface area contributed by atoms with Gasteiger partial charge in [0.1, 0.15) is 23.5 Å². The number of anilines is 1. The molecule has 1 amide bonds. The quantitative estimate of drug-likeness (QED) is 0.668. The lowest BCUT2D eigenvalue weighted by molar-refractivity contribution is -0.112. The SMILES string of the molecule is Cc1cc(C)cc(NC(=O)/C(C#N)=C/c2ccc(OCC#N)cc2)c1. The number of hydrogen-bond donors (Lipinski definition) is 1. The molecule has 0 atom stereocenters. The predicted molar refractivity (Wildman–Crippen MR) is 95.7 cm³/mol. The Labute approximate surface area is 146 Å². The molecule has 124 valence electrons. The third-order valence-corrected chi connectivity index (χ3v) is 3.34. The molecular formula is C20H17N3O2. The molecule has 1 N–H and O–H groups in total. The second kappa shape index (κ2) is 8.33. The van der Waals surface area contributed by atoms with Gasteiger partial charge in [0.15, 0.2) is 6.61 Å². The van der Waals surface area contributed by atoms with Crippen molar-refractivity contribution in [2.45, 2.75) is 13.8 Å². The molecule has 5 nitrogen and oxygen atoms in total. The van der Waals surface area contributed by atoms with Crippen LogP contribution < -0.4 is 10.1 Å². The summed E-state index contributed by atoms with van der Waals surface area (Å²) in [5.74, 6) is 0.0919. The highest BCUT2D eigenvalue weighted by Crippen LogP contribution is 2.17. The van der Waals surface area contributed by atoms with Crippen molar-refractivity contribution in [2.75, 3.05) is 11.9 Å². The molecule has 0 radical (unpaired) electrons. The zero-order chi connectivity index (χ0) is 18.2. The van der Waals surface area contributed by atoms with Crippen molar-refractivity contribution >= 4 is 17.7 Å². The molecule has 2 rings (SSSR count). The van der Waals surface area contributed by atoms with Crippen molar-refractivity contribution in [3.63, 3.8) is 0 Å². The van der Waals surface area contributed by atoms with Gasteiger partial charge in [0.2, 0.25) is 0 Å². The van der Waals surface area contributed by atoms with Crippen LogP contribution >= 0.6 is 0 Å². The summed E-state index contributed by atoms with van der Waals surface area (Å²) in [6.07, 6.45) is 1.51. The van der Waals surface area contributed by atoms with Gasteiger partial charge in [0.25, 0.3) is 5.91 Å². The van der Waals surface area contributed by atoms with Crippen LogP contribution in [0.15, 0.2) is 48.0 Å². The summed E-state index contributed by atoms with van der Waals surface area (Å²) in [7, 11) is 0. The molecule has 0 aromatic heterocycles. The average Bonchev–Trinajstić information content (AvgIpc) is 2.57. The smallest absolute Gasteiger partial charge is 0.266 e. The highest BCUT2D eigenvalue weighted by atomic mass is 16.5. The standard InChI is InChI=1S/C20H17N3O2/c1-14-9-15(2)11-18(10-14)23-20(24)17(13-22)12-16-3-5-19(6-4-16)25-8-7-21/h3-6,9-12H,8H2,1-2H3,(H,23,24)/b17-12+. The van der Waals surface area contributed by atoms with Crippen molar-refractivity contribution < 1.29 is 9.53 Å². The summed E-state index contributed by atoms with van der Waals surface area (Å²) in [4.78, 5) is 12.3. The third kappa shape index (κ3) is 5.23. The first-order valence-corrected chi connectivity index (χ1v) is 7.63. The number of hydrogen-bond acceptors (Lipinski definition) is 4. The molecule has 5 heteroatoms. The summed E-state index contributed by atoms with van der Waals surface area (Å²) < 4.78 is 5.16. The fourth-order valence-electron chi connectivity index (χ4n) is 2.34. The lowest BCUT2D eigenvalue weighted by Gasteiger charge is -2.07. The Morgan fingerprint density at radius 3 is 2.32 bits per heavy atom. The molecule has 0 spiro atoms. The van der Waals surface area contributed by atoms with E-state index in [9.17, 15) is 10.1 Å². The first-order chi connectivity index (χ1) is 12.0. The zero-order valence-corrected chi connectivity index (χ0v) is 14.0. The van der Waals surface area contributed by atoms with Crippen LogP contribution in [0, 0.1) is 36.5 Å². The Bertz CT molecular complexity index is 864. The highest BCUT2D eigenvalue weighted by Gasteiger charge is 2.10. The van der Waals surface area contributed by atoms with Gasteiger partial charge in [0.05, 0.1) is 0 Å². The topological polar surface area (TPSA) is 85.9 Å². The van der Waals surface area contributed by atoms with E-state index >= 15 is 0 Å². The van der Waals surface area contributed by atoms with Crippen LogP contribution in [0.4, 0.5) is 5.69 Å². The zero-order valence-electron chi connectivity index (χ0n) is 14.0. The van der Waals surface area contributed by atoms with E-state index in [2.05, 4.69) is 5.32 Å². The average molecular weight is 331 g/mol. The summed E-state index contributed by atoms with van der Waals surface area (Å²) in [6, 6.07) is 16.3. The summed E-state index contributed by atoms with van der Waals surface area (Å²) in [6.45, 7) is 3.86. The molecule has 0 saturated carbocycles. The summed E-state index contributed by atoms with van der Waals surface area (Å²) in [5.41, 5.74) is 3.42. The Morgan fingerprint density at radius 1 is 1.12 bits per heavy atom. The van der Waals surface area contributed by atoms with Crippen LogP contribution in [0.25, 0.3) is 6.08 Å². The fourth-order valence-corrected chi connectivity index (χ4v) is 2.34. The molecule has 0 bridgehead atoms. The number of nitrogens with one attached hydrogen (secondary N) is 1. The van der Waals surface area contributed by atoms with Gasteiger partial charge >= 0.3 is 0 Å². The van der Waals surface area contributed by atoms with Crippen LogP contribution in [-0.2, 0) is 4.79 Å². The maximum Gasteiger partial charge on any atom is 0.266 e. The Morgan fingerprint density at radius 2 is 1.76 bits per heavy atom. The van der Waals surface area contributed by atoms with Gasteiger partial charge in [-0.2, -0.15) is 10.5 Å². The molecule has 25 heavy (non-hydrogen) atoms. The van der Waals surface area contributed by atoms with Crippen LogP contribution in [-0.4, -0.2) is 12.5 Å².